The predicted octanol–water partition coefficient (Wildman–Crippen LogP) is 2.44. The van der Waals surface area contributed by atoms with E-state index in [4.69, 9.17) is 5.11 Å². The molecule has 0 aliphatic heterocycles. The summed E-state index contributed by atoms with van der Waals surface area (Å²) in [6.07, 6.45) is 3.84. The lowest BCUT2D eigenvalue weighted by atomic mass is 9.87. The summed E-state index contributed by atoms with van der Waals surface area (Å²) < 4.78 is 0. The predicted molar refractivity (Wildman–Crippen MR) is 71.8 cm³/mol. The Balaban J connectivity index is 1.90. The third kappa shape index (κ3) is 3.81. The maximum atomic E-state index is 11.8. The molecule has 1 amide bonds. The van der Waals surface area contributed by atoms with Gasteiger partial charge in [0.1, 0.15) is 0 Å². The Morgan fingerprint density at radius 2 is 2.05 bits per heavy atom. The molecule has 4 nitrogen and oxygen atoms in total. The lowest BCUT2D eigenvalue weighted by Gasteiger charge is -2.26. The topological polar surface area (TPSA) is 66.4 Å². The van der Waals surface area contributed by atoms with E-state index >= 15 is 0 Å². The zero-order chi connectivity index (χ0) is 13.7. The molecule has 1 aromatic rings. The van der Waals surface area contributed by atoms with E-state index in [0.717, 1.165) is 19.3 Å². The van der Waals surface area contributed by atoms with E-state index < -0.39 is 5.97 Å². The molecule has 0 heterocycles. The molecule has 1 aliphatic carbocycles. The molecule has 0 radical (unpaired) electrons. The molecule has 0 spiro atoms. The molecule has 0 saturated carbocycles. The van der Waals surface area contributed by atoms with Crippen molar-refractivity contribution in [1.29, 1.82) is 0 Å². The first-order valence-electron chi connectivity index (χ1n) is 6.76. The van der Waals surface area contributed by atoms with Crippen molar-refractivity contribution in [3.8, 4) is 0 Å². The molecule has 0 saturated heterocycles. The van der Waals surface area contributed by atoms with E-state index in [0.29, 0.717) is 6.42 Å². The Hall–Kier alpha value is -1.84. The third-order valence-corrected chi connectivity index (χ3v) is 3.50. The van der Waals surface area contributed by atoms with Crippen LogP contribution in [0.2, 0.25) is 0 Å². The number of amides is 1. The number of carboxylic acids is 1. The van der Waals surface area contributed by atoms with Crippen LogP contribution in [0.3, 0.4) is 0 Å². The number of hydrogen-bond donors (Lipinski definition) is 2. The second-order valence-corrected chi connectivity index (χ2v) is 4.96. The Bertz CT molecular complexity index is 470. The highest BCUT2D eigenvalue weighted by Crippen LogP contribution is 2.29. The van der Waals surface area contributed by atoms with Gasteiger partial charge in [0.15, 0.2) is 0 Å². The van der Waals surface area contributed by atoms with Crippen molar-refractivity contribution in [2.75, 3.05) is 0 Å². The van der Waals surface area contributed by atoms with Gasteiger partial charge in [0.05, 0.1) is 6.04 Å². The highest BCUT2D eigenvalue weighted by atomic mass is 16.4. The first kappa shape index (κ1) is 13.6. The van der Waals surface area contributed by atoms with Gasteiger partial charge < -0.3 is 10.4 Å². The monoisotopic (exact) mass is 261 g/mol. The van der Waals surface area contributed by atoms with Crippen molar-refractivity contribution >= 4 is 11.9 Å². The second kappa shape index (κ2) is 6.36. The lowest BCUT2D eigenvalue weighted by molar-refractivity contribution is -0.137. The van der Waals surface area contributed by atoms with Crippen LogP contribution in [-0.4, -0.2) is 17.0 Å². The summed E-state index contributed by atoms with van der Waals surface area (Å²) in [5.74, 6) is -0.904. The normalized spacial score (nSPS) is 17.6. The van der Waals surface area contributed by atoms with Crippen molar-refractivity contribution in [2.24, 2.45) is 0 Å². The van der Waals surface area contributed by atoms with E-state index in [-0.39, 0.29) is 24.8 Å². The maximum Gasteiger partial charge on any atom is 0.303 e. The number of hydrogen-bond acceptors (Lipinski definition) is 2. The highest BCUT2D eigenvalue weighted by molar-refractivity contribution is 5.77. The summed E-state index contributed by atoms with van der Waals surface area (Å²) >= 11 is 0. The van der Waals surface area contributed by atoms with Gasteiger partial charge in [0.2, 0.25) is 5.91 Å². The van der Waals surface area contributed by atoms with Crippen molar-refractivity contribution < 1.29 is 14.7 Å². The molecule has 1 aliphatic rings. The van der Waals surface area contributed by atoms with Gasteiger partial charge in [-0.15, -0.1) is 0 Å². The average molecular weight is 261 g/mol. The molecular weight excluding hydrogens is 242 g/mol. The third-order valence-electron chi connectivity index (χ3n) is 3.50. The average Bonchev–Trinajstić information content (AvgIpc) is 2.39. The summed E-state index contributed by atoms with van der Waals surface area (Å²) in [7, 11) is 0. The largest absolute Gasteiger partial charge is 0.481 e. The quantitative estimate of drug-likeness (QED) is 0.855. The minimum absolute atomic E-state index is 0.0503. The van der Waals surface area contributed by atoms with Gasteiger partial charge in [0.25, 0.3) is 0 Å². The molecule has 1 atom stereocenters. The minimum atomic E-state index is -0.851. The van der Waals surface area contributed by atoms with E-state index in [2.05, 4.69) is 17.4 Å². The first-order valence-corrected chi connectivity index (χ1v) is 6.76. The molecule has 19 heavy (non-hydrogen) atoms. The van der Waals surface area contributed by atoms with Crippen molar-refractivity contribution in [3.05, 3.63) is 35.4 Å². The van der Waals surface area contributed by atoms with Gasteiger partial charge in [-0.1, -0.05) is 24.3 Å². The Kier molecular flexibility index (Phi) is 4.55. The second-order valence-electron chi connectivity index (χ2n) is 4.96. The van der Waals surface area contributed by atoms with E-state index in [9.17, 15) is 9.59 Å². The number of benzene rings is 1. The molecule has 2 rings (SSSR count). The Labute approximate surface area is 112 Å². The van der Waals surface area contributed by atoms with Gasteiger partial charge in [-0.05, 0) is 36.8 Å². The molecular formula is C15H19NO3. The Morgan fingerprint density at radius 1 is 1.26 bits per heavy atom. The lowest BCUT2D eigenvalue weighted by Crippen LogP contribution is -2.30. The molecule has 4 heteroatoms. The van der Waals surface area contributed by atoms with Gasteiger partial charge in [-0.2, -0.15) is 0 Å². The van der Waals surface area contributed by atoms with Crippen LogP contribution < -0.4 is 5.32 Å². The van der Waals surface area contributed by atoms with Crippen LogP contribution in [0.5, 0.6) is 0 Å². The number of aryl methyl sites for hydroxylation is 1. The van der Waals surface area contributed by atoms with E-state index in [1.165, 1.54) is 11.1 Å². The molecule has 1 aromatic carbocycles. The molecule has 0 bridgehead atoms. The number of carbonyl (C=O) groups is 2. The number of rotatable bonds is 5. The summed E-state index contributed by atoms with van der Waals surface area (Å²) in [6.45, 7) is 0. The van der Waals surface area contributed by atoms with Gasteiger partial charge in [-0.25, -0.2) is 0 Å². The van der Waals surface area contributed by atoms with E-state index in [1.807, 2.05) is 12.1 Å². The smallest absolute Gasteiger partial charge is 0.303 e. The molecule has 0 aromatic heterocycles. The number of carboxylic acid groups (broad SMARTS) is 1. The van der Waals surface area contributed by atoms with Crippen LogP contribution in [0.15, 0.2) is 24.3 Å². The molecule has 102 valence electrons. The summed E-state index contributed by atoms with van der Waals surface area (Å²) in [4.78, 5) is 22.2. The minimum Gasteiger partial charge on any atom is -0.481 e. The zero-order valence-electron chi connectivity index (χ0n) is 10.9. The Morgan fingerprint density at radius 3 is 2.84 bits per heavy atom. The van der Waals surface area contributed by atoms with Crippen LogP contribution in [0.4, 0.5) is 0 Å². The zero-order valence-corrected chi connectivity index (χ0v) is 10.9. The van der Waals surface area contributed by atoms with Crippen LogP contribution in [0.25, 0.3) is 0 Å². The van der Waals surface area contributed by atoms with Crippen LogP contribution in [0, 0.1) is 0 Å². The van der Waals surface area contributed by atoms with Gasteiger partial charge in [-0.3, -0.25) is 9.59 Å². The van der Waals surface area contributed by atoms with Crippen LogP contribution in [-0.2, 0) is 16.0 Å². The fourth-order valence-corrected chi connectivity index (χ4v) is 2.57. The molecule has 2 N–H and O–H groups in total. The van der Waals surface area contributed by atoms with Crippen molar-refractivity contribution in [2.45, 2.75) is 44.6 Å². The fraction of sp³-hybridized carbons (Fsp3) is 0.467. The van der Waals surface area contributed by atoms with Gasteiger partial charge in [0, 0.05) is 12.8 Å². The number of carbonyl (C=O) groups excluding carboxylic acids is 1. The summed E-state index contributed by atoms with van der Waals surface area (Å²) in [6, 6.07) is 8.28. The summed E-state index contributed by atoms with van der Waals surface area (Å²) in [5, 5.41) is 11.6. The van der Waals surface area contributed by atoms with Crippen LogP contribution in [0.1, 0.15) is 49.3 Å². The van der Waals surface area contributed by atoms with Crippen molar-refractivity contribution in [3.63, 3.8) is 0 Å². The van der Waals surface area contributed by atoms with Crippen LogP contribution >= 0.6 is 0 Å². The van der Waals surface area contributed by atoms with Crippen molar-refractivity contribution in [1.82, 2.24) is 5.32 Å². The van der Waals surface area contributed by atoms with Gasteiger partial charge >= 0.3 is 5.97 Å². The highest BCUT2D eigenvalue weighted by Gasteiger charge is 2.21. The number of fused-ring (bicyclic) bond motifs is 1. The maximum absolute atomic E-state index is 11.8. The number of nitrogens with one attached hydrogen (secondary N) is 1. The summed E-state index contributed by atoms with van der Waals surface area (Å²) in [5.41, 5.74) is 2.52. The molecule has 1 unspecified atom stereocenters. The molecule has 0 fully saturated rings. The first-order chi connectivity index (χ1) is 9.16. The van der Waals surface area contributed by atoms with E-state index in [1.54, 1.807) is 0 Å². The standard InChI is InChI=1S/C15H19NO3/c17-14(9-4-10-15(18)19)16-13-8-3-6-11-5-1-2-7-12(11)13/h1-2,5,7,13H,3-4,6,8-10H2,(H,16,17)(H,18,19). The fourth-order valence-electron chi connectivity index (χ4n) is 2.57. The SMILES string of the molecule is O=C(O)CCCC(=O)NC1CCCc2ccccc21. The number of aliphatic carboxylic acids is 1.